The molecule has 14 heavy (non-hydrogen) atoms. The van der Waals surface area contributed by atoms with Gasteiger partial charge in [0, 0.05) is 0 Å². The van der Waals surface area contributed by atoms with Crippen LogP contribution in [0.3, 0.4) is 0 Å². The van der Waals surface area contributed by atoms with Crippen LogP contribution in [0.15, 0.2) is 24.3 Å². The van der Waals surface area contributed by atoms with Crippen molar-refractivity contribution in [2.45, 2.75) is 0 Å². The van der Waals surface area contributed by atoms with Crippen LogP contribution in [0.2, 0.25) is 0 Å². The molecule has 0 N–H and O–H groups in total. The third-order valence-electron chi connectivity index (χ3n) is 1.28. The van der Waals surface area contributed by atoms with Gasteiger partial charge in [-0.1, -0.05) is 0 Å². The summed E-state index contributed by atoms with van der Waals surface area (Å²) >= 11 is 5.27. The first-order valence-corrected chi connectivity index (χ1v) is 4.94. The molecule has 1 aromatic rings. The monoisotopic (exact) mass is 298 g/mol. The second kappa shape index (κ2) is 10.1. The first kappa shape index (κ1) is 17.0. The third kappa shape index (κ3) is 6.13. The molecular weight excluding hydrogens is 292 g/mol. The second-order valence-corrected chi connectivity index (χ2v) is 2.89. The Morgan fingerprint density at radius 3 is 1.21 bits per heavy atom. The van der Waals surface area contributed by atoms with Gasteiger partial charge in [-0.05, 0) is 0 Å². The minimum atomic E-state index is 0. The molecule has 0 atom stereocenters. The molecule has 0 unspecified atom stereocenters. The van der Waals surface area contributed by atoms with Crippen molar-refractivity contribution >= 4 is 32.0 Å². The van der Waals surface area contributed by atoms with Gasteiger partial charge in [0.25, 0.3) is 0 Å². The molecule has 0 fully saturated rings. The Kier molecular flexibility index (Phi) is 12.3. The van der Waals surface area contributed by atoms with Gasteiger partial charge >= 0.3 is 127 Å². The van der Waals surface area contributed by atoms with Crippen molar-refractivity contribution in [2.75, 3.05) is 0 Å². The molecule has 0 bridgehead atoms. The van der Waals surface area contributed by atoms with Crippen molar-refractivity contribution in [1.82, 2.24) is 0 Å². The molecule has 0 aliphatic carbocycles. The Morgan fingerprint density at radius 2 is 1.00 bits per heavy atom. The van der Waals surface area contributed by atoms with Gasteiger partial charge in [0.05, 0.1) is 0 Å². The van der Waals surface area contributed by atoms with Crippen LogP contribution in [-0.4, -0.2) is 32.0 Å². The summed E-state index contributed by atoms with van der Waals surface area (Å²) < 4.78 is 0. The van der Waals surface area contributed by atoms with Gasteiger partial charge < -0.3 is 0 Å². The molecule has 0 aromatic heterocycles. The second-order valence-electron chi connectivity index (χ2n) is 2.03. The number of benzene rings is 1. The van der Waals surface area contributed by atoms with Crippen molar-refractivity contribution in [3.8, 4) is 21.5 Å². The maximum atomic E-state index is 2.92. The standard InChI is InChI=1S/C10H6Se2.2Li/c11-7-5-9-1-2-10(4-3-9)6-8-12;;/h1-4,11-12H;;/q;2*+1/p-2. The van der Waals surface area contributed by atoms with Gasteiger partial charge in [0.1, 0.15) is 0 Å². The predicted molar refractivity (Wildman–Crippen MR) is 51.7 cm³/mol. The Morgan fingerprint density at radius 1 is 0.714 bits per heavy atom. The molecular formula is C10H4Li2Se2. The zero-order valence-corrected chi connectivity index (χ0v) is 11.6. The molecule has 0 aliphatic heterocycles. The molecule has 0 saturated heterocycles. The van der Waals surface area contributed by atoms with E-state index in [-0.39, 0.29) is 37.7 Å². The number of hydrogen-bond donors (Lipinski definition) is 0. The van der Waals surface area contributed by atoms with E-state index in [9.17, 15) is 0 Å². The Bertz CT molecular complexity index is 338. The molecule has 4 heteroatoms. The Hall–Kier alpha value is 0.574. The minimum absolute atomic E-state index is 0. The van der Waals surface area contributed by atoms with Crippen LogP contribution in [0.1, 0.15) is 11.1 Å². The van der Waals surface area contributed by atoms with E-state index in [1.807, 2.05) is 24.3 Å². The van der Waals surface area contributed by atoms with Crippen LogP contribution in [-0.2, 0) is 0 Å². The predicted octanol–water partition coefficient (Wildman–Crippen LogP) is -5.35. The molecule has 0 aliphatic rings. The van der Waals surface area contributed by atoms with Crippen molar-refractivity contribution < 1.29 is 37.7 Å². The summed E-state index contributed by atoms with van der Waals surface area (Å²) in [7, 11) is 0. The topological polar surface area (TPSA) is 0 Å². The fraction of sp³-hybridized carbons (Fsp3) is 0. The summed E-state index contributed by atoms with van der Waals surface area (Å²) in [5, 5.41) is 0. The van der Waals surface area contributed by atoms with Gasteiger partial charge in [-0.3, -0.25) is 0 Å². The van der Waals surface area contributed by atoms with E-state index in [4.69, 9.17) is 0 Å². The Balaban J connectivity index is 0. The normalized spacial score (nSPS) is 6.29. The van der Waals surface area contributed by atoms with Crippen molar-refractivity contribution in [3.63, 3.8) is 0 Å². The molecule has 0 saturated carbocycles. The van der Waals surface area contributed by atoms with E-state index in [0.717, 1.165) is 11.1 Å². The van der Waals surface area contributed by atoms with Gasteiger partial charge in [-0.15, -0.1) is 0 Å². The molecule has 0 heterocycles. The number of rotatable bonds is 0. The van der Waals surface area contributed by atoms with E-state index in [1.165, 1.54) is 0 Å². The van der Waals surface area contributed by atoms with Crippen LogP contribution in [0.25, 0.3) is 0 Å². The SMILES string of the molecule is [Li+].[Li+].[Se-]C#Cc1ccc(C#C[Se-])cc1. The van der Waals surface area contributed by atoms with Crippen LogP contribution in [0, 0.1) is 21.5 Å². The van der Waals surface area contributed by atoms with Gasteiger partial charge in [0.2, 0.25) is 0 Å². The summed E-state index contributed by atoms with van der Waals surface area (Å²) in [4.78, 5) is 5.44. The van der Waals surface area contributed by atoms with E-state index < -0.39 is 0 Å². The number of hydrogen-bond acceptors (Lipinski definition) is 0. The first-order chi connectivity index (χ1) is 5.86. The van der Waals surface area contributed by atoms with Crippen molar-refractivity contribution in [3.05, 3.63) is 35.4 Å². The van der Waals surface area contributed by atoms with Crippen LogP contribution >= 0.6 is 0 Å². The summed E-state index contributed by atoms with van der Waals surface area (Å²) in [5.41, 5.74) is 2.00. The van der Waals surface area contributed by atoms with E-state index >= 15 is 0 Å². The molecule has 0 spiro atoms. The van der Waals surface area contributed by atoms with E-state index in [2.05, 4.69) is 53.5 Å². The van der Waals surface area contributed by atoms with Crippen molar-refractivity contribution in [1.29, 1.82) is 0 Å². The molecule has 0 nitrogen and oxygen atoms in total. The zero-order valence-electron chi connectivity index (χ0n) is 8.13. The fourth-order valence-electron chi connectivity index (χ4n) is 0.755. The summed E-state index contributed by atoms with van der Waals surface area (Å²) in [6.45, 7) is 0. The third-order valence-corrected chi connectivity index (χ3v) is 1.70. The first-order valence-electron chi connectivity index (χ1n) is 3.23. The van der Waals surface area contributed by atoms with Gasteiger partial charge in [-0.25, -0.2) is 0 Å². The zero-order chi connectivity index (χ0) is 8.81. The van der Waals surface area contributed by atoms with Gasteiger partial charge in [0.15, 0.2) is 0 Å². The van der Waals surface area contributed by atoms with Crippen molar-refractivity contribution in [2.24, 2.45) is 0 Å². The molecule has 0 radical (unpaired) electrons. The summed E-state index contributed by atoms with van der Waals surface area (Å²) in [5.74, 6) is 5.83. The van der Waals surface area contributed by atoms with Crippen LogP contribution in [0.4, 0.5) is 0 Å². The van der Waals surface area contributed by atoms with E-state index in [1.54, 1.807) is 0 Å². The average Bonchev–Trinajstić information content (AvgIpc) is 2.09. The Labute approximate surface area is 125 Å². The summed E-state index contributed by atoms with van der Waals surface area (Å²) in [6, 6.07) is 7.79. The molecule has 1 rings (SSSR count). The van der Waals surface area contributed by atoms with Gasteiger partial charge in [-0.2, -0.15) is 0 Å². The quantitative estimate of drug-likeness (QED) is 0.331. The average molecular weight is 296 g/mol. The van der Waals surface area contributed by atoms with Crippen LogP contribution < -0.4 is 37.7 Å². The van der Waals surface area contributed by atoms with Crippen LogP contribution in [0.5, 0.6) is 0 Å². The molecule has 0 amide bonds. The summed E-state index contributed by atoms with van der Waals surface area (Å²) in [6.07, 6.45) is 0. The van der Waals surface area contributed by atoms with E-state index in [0.29, 0.717) is 0 Å². The fourth-order valence-corrected chi connectivity index (χ4v) is 1.25. The maximum absolute atomic E-state index is 2.92. The molecule has 58 valence electrons. The molecule has 1 aromatic carbocycles.